The third-order valence-corrected chi connectivity index (χ3v) is 3.84. The Labute approximate surface area is 127 Å². The lowest BCUT2D eigenvalue weighted by atomic mass is 10.2. The van der Waals surface area contributed by atoms with Gasteiger partial charge in [0.15, 0.2) is 0 Å². The minimum absolute atomic E-state index is 0.184. The van der Waals surface area contributed by atoms with E-state index in [-0.39, 0.29) is 23.3 Å². The van der Waals surface area contributed by atoms with Crippen molar-refractivity contribution in [2.75, 3.05) is 6.54 Å². The zero-order valence-electron chi connectivity index (χ0n) is 12.6. The molecule has 116 valence electrons. The van der Waals surface area contributed by atoms with E-state index in [1.165, 1.54) is 6.07 Å². The molecular weight excluding hydrogens is 284 g/mol. The van der Waals surface area contributed by atoms with Gasteiger partial charge in [0.25, 0.3) is 11.5 Å². The van der Waals surface area contributed by atoms with Gasteiger partial charge < -0.3 is 14.4 Å². The SMILES string of the molecule is CCc1cc(=O)[nH]c([C@H]2CCCN2C(=O)c2cc(C)no2)n1. The van der Waals surface area contributed by atoms with Crippen LogP contribution in [-0.2, 0) is 6.42 Å². The molecule has 0 spiro atoms. The minimum atomic E-state index is -0.225. The number of H-pyrrole nitrogens is 1. The van der Waals surface area contributed by atoms with Crippen LogP contribution >= 0.6 is 0 Å². The third kappa shape index (κ3) is 2.66. The van der Waals surface area contributed by atoms with Crippen LogP contribution < -0.4 is 5.56 Å². The van der Waals surface area contributed by atoms with E-state index in [0.717, 1.165) is 18.5 Å². The summed E-state index contributed by atoms with van der Waals surface area (Å²) in [7, 11) is 0. The predicted molar refractivity (Wildman–Crippen MR) is 78.5 cm³/mol. The summed E-state index contributed by atoms with van der Waals surface area (Å²) in [6, 6.07) is 2.89. The molecule has 1 aliphatic heterocycles. The lowest BCUT2D eigenvalue weighted by molar-refractivity contribution is 0.0687. The van der Waals surface area contributed by atoms with Crippen LogP contribution in [0.15, 0.2) is 21.5 Å². The zero-order valence-corrected chi connectivity index (χ0v) is 12.6. The highest BCUT2D eigenvalue weighted by molar-refractivity contribution is 5.91. The van der Waals surface area contributed by atoms with Gasteiger partial charge >= 0.3 is 0 Å². The summed E-state index contributed by atoms with van der Waals surface area (Å²) in [4.78, 5) is 33.2. The van der Waals surface area contributed by atoms with Gasteiger partial charge in [-0.25, -0.2) is 4.98 Å². The molecule has 22 heavy (non-hydrogen) atoms. The number of aryl methyl sites for hydroxylation is 2. The number of carbonyl (C=O) groups is 1. The first-order valence-corrected chi connectivity index (χ1v) is 7.43. The van der Waals surface area contributed by atoms with Crippen LogP contribution in [0.2, 0.25) is 0 Å². The van der Waals surface area contributed by atoms with Gasteiger partial charge in [-0.05, 0) is 26.2 Å². The number of carbonyl (C=O) groups excluding carboxylic acids is 1. The van der Waals surface area contributed by atoms with Crippen LogP contribution in [0.5, 0.6) is 0 Å². The first-order chi connectivity index (χ1) is 10.6. The Morgan fingerprint density at radius 1 is 1.50 bits per heavy atom. The number of hydrogen-bond donors (Lipinski definition) is 1. The van der Waals surface area contributed by atoms with Gasteiger partial charge in [-0.2, -0.15) is 0 Å². The molecule has 0 bridgehead atoms. The molecular formula is C15H18N4O3. The van der Waals surface area contributed by atoms with E-state index in [2.05, 4.69) is 15.1 Å². The highest BCUT2D eigenvalue weighted by Gasteiger charge is 2.34. The highest BCUT2D eigenvalue weighted by atomic mass is 16.5. The van der Waals surface area contributed by atoms with E-state index >= 15 is 0 Å². The zero-order chi connectivity index (χ0) is 15.7. The molecule has 2 aromatic heterocycles. The van der Waals surface area contributed by atoms with Crippen LogP contribution in [0.25, 0.3) is 0 Å². The average Bonchev–Trinajstić information content (AvgIpc) is 3.14. The van der Waals surface area contributed by atoms with Crippen LogP contribution in [0.4, 0.5) is 0 Å². The van der Waals surface area contributed by atoms with Crippen molar-refractivity contribution in [2.45, 2.75) is 39.2 Å². The van der Waals surface area contributed by atoms with Crippen molar-refractivity contribution in [3.05, 3.63) is 45.5 Å². The molecule has 7 heteroatoms. The van der Waals surface area contributed by atoms with Gasteiger partial charge in [0.1, 0.15) is 5.82 Å². The Balaban J connectivity index is 1.91. The molecule has 1 aliphatic rings. The number of rotatable bonds is 3. The molecule has 1 fully saturated rings. The van der Waals surface area contributed by atoms with E-state index in [9.17, 15) is 9.59 Å². The summed E-state index contributed by atoms with van der Waals surface area (Å²) in [5.74, 6) is 0.553. The number of hydrogen-bond acceptors (Lipinski definition) is 5. The second-order valence-electron chi connectivity index (χ2n) is 5.46. The summed E-state index contributed by atoms with van der Waals surface area (Å²) >= 11 is 0. The molecule has 0 radical (unpaired) electrons. The molecule has 1 amide bonds. The monoisotopic (exact) mass is 302 g/mol. The second-order valence-corrected chi connectivity index (χ2v) is 5.46. The van der Waals surface area contributed by atoms with E-state index in [4.69, 9.17) is 4.52 Å². The molecule has 0 saturated carbocycles. The lowest BCUT2D eigenvalue weighted by Crippen LogP contribution is -2.32. The van der Waals surface area contributed by atoms with Crippen molar-refractivity contribution in [3.63, 3.8) is 0 Å². The Morgan fingerprint density at radius 2 is 2.32 bits per heavy atom. The van der Waals surface area contributed by atoms with E-state index in [1.807, 2.05) is 6.92 Å². The standard InChI is InChI=1S/C15H18N4O3/c1-3-10-8-13(20)17-14(16-10)11-5-4-6-19(11)15(21)12-7-9(2)18-22-12/h7-8,11H,3-6H2,1-2H3,(H,16,17,20)/t11-/m1/s1. The van der Waals surface area contributed by atoms with Gasteiger partial charge in [-0.15, -0.1) is 0 Å². The van der Waals surface area contributed by atoms with Gasteiger partial charge in [-0.3, -0.25) is 9.59 Å². The average molecular weight is 302 g/mol. The minimum Gasteiger partial charge on any atom is -0.351 e. The van der Waals surface area contributed by atoms with E-state index in [0.29, 0.717) is 24.5 Å². The summed E-state index contributed by atoms with van der Waals surface area (Å²) < 4.78 is 5.06. The molecule has 0 unspecified atom stereocenters. The normalized spacial score (nSPS) is 17.9. The van der Waals surface area contributed by atoms with E-state index in [1.54, 1.807) is 17.9 Å². The van der Waals surface area contributed by atoms with E-state index < -0.39 is 0 Å². The first-order valence-electron chi connectivity index (χ1n) is 7.43. The Hall–Kier alpha value is -2.44. The highest BCUT2D eigenvalue weighted by Crippen LogP contribution is 2.31. The fourth-order valence-corrected chi connectivity index (χ4v) is 2.77. The second kappa shape index (κ2) is 5.75. The number of nitrogens with zero attached hydrogens (tertiary/aromatic N) is 3. The number of aromatic amines is 1. The largest absolute Gasteiger partial charge is 0.351 e. The molecule has 1 saturated heterocycles. The van der Waals surface area contributed by atoms with Crippen molar-refractivity contribution in [3.8, 4) is 0 Å². The molecule has 2 aromatic rings. The Morgan fingerprint density at radius 3 is 3.00 bits per heavy atom. The van der Waals surface area contributed by atoms with Gasteiger partial charge in [-0.1, -0.05) is 12.1 Å². The van der Waals surface area contributed by atoms with Crippen LogP contribution in [0, 0.1) is 6.92 Å². The maximum atomic E-state index is 12.6. The number of likely N-dealkylation sites (tertiary alicyclic amines) is 1. The number of amides is 1. The molecule has 3 heterocycles. The summed E-state index contributed by atoms with van der Waals surface area (Å²) in [6.07, 6.45) is 2.32. The molecule has 3 rings (SSSR count). The maximum absolute atomic E-state index is 12.6. The summed E-state index contributed by atoms with van der Waals surface area (Å²) in [5.41, 5.74) is 1.21. The summed E-state index contributed by atoms with van der Waals surface area (Å²) in [5, 5.41) is 3.75. The lowest BCUT2D eigenvalue weighted by Gasteiger charge is -2.22. The molecule has 1 atom stereocenters. The van der Waals surface area contributed by atoms with Crippen molar-refractivity contribution < 1.29 is 9.32 Å². The van der Waals surface area contributed by atoms with Crippen LogP contribution in [0.1, 0.15) is 53.6 Å². The van der Waals surface area contributed by atoms with Gasteiger partial charge in [0, 0.05) is 24.4 Å². The topological polar surface area (TPSA) is 92.1 Å². The van der Waals surface area contributed by atoms with Crippen molar-refractivity contribution in [1.82, 2.24) is 20.0 Å². The third-order valence-electron chi connectivity index (χ3n) is 3.84. The van der Waals surface area contributed by atoms with Gasteiger partial charge in [0.05, 0.1) is 11.7 Å². The fraction of sp³-hybridized carbons (Fsp3) is 0.467. The Kier molecular flexibility index (Phi) is 3.79. The quantitative estimate of drug-likeness (QED) is 0.929. The Bertz CT molecular complexity index is 749. The van der Waals surface area contributed by atoms with Crippen LogP contribution in [-0.4, -0.2) is 32.5 Å². The number of aromatic nitrogens is 3. The van der Waals surface area contributed by atoms with Gasteiger partial charge in [0.2, 0.25) is 5.76 Å². The van der Waals surface area contributed by atoms with Crippen LogP contribution in [0.3, 0.4) is 0 Å². The molecule has 1 N–H and O–H groups in total. The first kappa shape index (κ1) is 14.5. The molecule has 0 aliphatic carbocycles. The van der Waals surface area contributed by atoms with Crippen molar-refractivity contribution in [2.24, 2.45) is 0 Å². The smallest absolute Gasteiger partial charge is 0.293 e. The van der Waals surface area contributed by atoms with Crippen molar-refractivity contribution in [1.29, 1.82) is 0 Å². The summed E-state index contributed by atoms with van der Waals surface area (Å²) in [6.45, 7) is 4.33. The number of nitrogens with one attached hydrogen (secondary N) is 1. The molecule has 0 aromatic carbocycles. The molecule has 7 nitrogen and oxygen atoms in total. The fourth-order valence-electron chi connectivity index (χ4n) is 2.77. The predicted octanol–water partition coefficient (Wildman–Crippen LogP) is 1.61. The van der Waals surface area contributed by atoms with Crippen molar-refractivity contribution >= 4 is 5.91 Å². The maximum Gasteiger partial charge on any atom is 0.293 e.